The zero-order valence-corrected chi connectivity index (χ0v) is 13.0. The Bertz CT molecular complexity index is 647. The summed E-state index contributed by atoms with van der Waals surface area (Å²) in [7, 11) is 0. The van der Waals surface area contributed by atoms with Crippen molar-refractivity contribution in [2.24, 2.45) is 5.92 Å². The highest BCUT2D eigenvalue weighted by molar-refractivity contribution is 7.19. The Hall–Kier alpha value is -1.06. The average Bonchev–Trinajstić information content (AvgIpc) is 2.83. The maximum absolute atomic E-state index is 12.0. The van der Waals surface area contributed by atoms with Crippen LogP contribution in [0.1, 0.15) is 30.2 Å². The monoisotopic (exact) mass is 308 g/mol. The first-order chi connectivity index (χ1) is 9.70. The lowest BCUT2D eigenvalue weighted by molar-refractivity contribution is -0.148. The van der Waals surface area contributed by atoms with Crippen molar-refractivity contribution in [3.05, 3.63) is 33.7 Å². The van der Waals surface area contributed by atoms with Gasteiger partial charge in [0.25, 0.3) is 0 Å². The molecule has 0 aliphatic heterocycles. The summed E-state index contributed by atoms with van der Waals surface area (Å²) in [4.78, 5) is 13.3. The van der Waals surface area contributed by atoms with Crippen LogP contribution in [0.5, 0.6) is 0 Å². The molecule has 3 rings (SSSR count). The van der Waals surface area contributed by atoms with Gasteiger partial charge in [0.2, 0.25) is 0 Å². The summed E-state index contributed by atoms with van der Waals surface area (Å²) < 4.78 is 6.51. The molecule has 1 heterocycles. The highest BCUT2D eigenvalue weighted by Gasteiger charge is 2.28. The molecule has 0 N–H and O–H groups in total. The van der Waals surface area contributed by atoms with Crippen LogP contribution in [0.15, 0.2) is 18.2 Å². The molecule has 1 aromatic carbocycles. The SMILES string of the molecule is CCCOC(=O)C1CCc2c(sc3cccc(Cl)c23)C1. The van der Waals surface area contributed by atoms with Crippen LogP contribution >= 0.6 is 22.9 Å². The van der Waals surface area contributed by atoms with Crippen LogP contribution in [-0.4, -0.2) is 12.6 Å². The molecule has 1 unspecified atom stereocenters. The van der Waals surface area contributed by atoms with Gasteiger partial charge in [0, 0.05) is 20.0 Å². The van der Waals surface area contributed by atoms with Crippen molar-refractivity contribution in [2.45, 2.75) is 32.6 Å². The number of hydrogen-bond donors (Lipinski definition) is 0. The van der Waals surface area contributed by atoms with E-state index in [-0.39, 0.29) is 11.9 Å². The van der Waals surface area contributed by atoms with Gasteiger partial charge in [0.05, 0.1) is 12.5 Å². The summed E-state index contributed by atoms with van der Waals surface area (Å²) in [6.45, 7) is 2.54. The predicted molar refractivity (Wildman–Crippen MR) is 83.6 cm³/mol. The molecule has 1 aliphatic rings. The van der Waals surface area contributed by atoms with Gasteiger partial charge in [-0.05, 0) is 43.4 Å². The number of thiophene rings is 1. The molecule has 2 nitrogen and oxygen atoms in total. The molecular weight excluding hydrogens is 292 g/mol. The molecular formula is C16H17ClO2S. The number of aryl methyl sites for hydroxylation is 1. The first kappa shape index (κ1) is 13.9. The molecule has 0 radical (unpaired) electrons. The number of hydrogen-bond acceptors (Lipinski definition) is 3. The van der Waals surface area contributed by atoms with Crippen molar-refractivity contribution in [3.8, 4) is 0 Å². The lowest BCUT2D eigenvalue weighted by Gasteiger charge is -2.20. The largest absolute Gasteiger partial charge is 0.465 e. The smallest absolute Gasteiger partial charge is 0.309 e. The van der Waals surface area contributed by atoms with E-state index in [0.29, 0.717) is 6.61 Å². The topological polar surface area (TPSA) is 26.3 Å². The second kappa shape index (κ2) is 5.74. The zero-order chi connectivity index (χ0) is 14.1. The molecule has 0 spiro atoms. The number of esters is 1. The summed E-state index contributed by atoms with van der Waals surface area (Å²) in [5.74, 6) is -0.0260. The van der Waals surface area contributed by atoms with Gasteiger partial charge < -0.3 is 4.74 Å². The molecule has 1 aliphatic carbocycles. The van der Waals surface area contributed by atoms with Crippen LogP contribution in [-0.2, 0) is 22.4 Å². The van der Waals surface area contributed by atoms with E-state index in [9.17, 15) is 4.79 Å². The van der Waals surface area contributed by atoms with Crippen molar-refractivity contribution in [3.63, 3.8) is 0 Å². The fourth-order valence-electron chi connectivity index (χ4n) is 2.81. The third-order valence-corrected chi connectivity index (χ3v) is 5.34. The average molecular weight is 309 g/mol. The number of halogens is 1. The van der Waals surface area contributed by atoms with Gasteiger partial charge >= 0.3 is 5.97 Å². The minimum Gasteiger partial charge on any atom is -0.465 e. The Kier molecular flexibility index (Phi) is 3.99. The van der Waals surface area contributed by atoms with E-state index in [1.807, 2.05) is 19.1 Å². The standard InChI is InChI=1S/C16H17ClO2S/c1-2-8-19-16(18)10-6-7-11-14(9-10)20-13-5-3-4-12(17)15(11)13/h3-5,10H,2,6-9H2,1H3. The summed E-state index contributed by atoms with van der Waals surface area (Å²) in [5, 5.41) is 2.02. The van der Waals surface area contributed by atoms with Crippen LogP contribution < -0.4 is 0 Å². The predicted octanol–water partition coefficient (Wildman–Crippen LogP) is 4.61. The van der Waals surface area contributed by atoms with Crippen LogP contribution in [0.4, 0.5) is 0 Å². The van der Waals surface area contributed by atoms with Crippen molar-refractivity contribution in [2.75, 3.05) is 6.61 Å². The van der Waals surface area contributed by atoms with E-state index >= 15 is 0 Å². The minimum absolute atomic E-state index is 0.0147. The van der Waals surface area contributed by atoms with E-state index in [1.54, 1.807) is 11.3 Å². The molecule has 0 saturated carbocycles. The molecule has 0 fully saturated rings. The molecule has 1 aromatic heterocycles. The van der Waals surface area contributed by atoms with E-state index in [4.69, 9.17) is 16.3 Å². The van der Waals surface area contributed by atoms with Crippen LogP contribution in [0.25, 0.3) is 10.1 Å². The number of fused-ring (bicyclic) bond motifs is 3. The van der Waals surface area contributed by atoms with Crippen molar-refractivity contribution in [1.29, 1.82) is 0 Å². The summed E-state index contributed by atoms with van der Waals surface area (Å²) in [6, 6.07) is 6.03. The molecule has 106 valence electrons. The second-order valence-corrected chi connectivity index (χ2v) is 6.77. The van der Waals surface area contributed by atoms with Crippen LogP contribution in [0.3, 0.4) is 0 Å². The van der Waals surface area contributed by atoms with Crippen molar-refractivity contribution < 1.29 is 9.53 Å². The number of ether oxygens (including phenoxy) is 1. The maximum Gasteiger partial charge on any atom is 0.309 e. The summed E-state index contributed by atoms with van der Waals surface area (Å²) >= 11 is 8.08. The summed E-state index contributed by atoms with van der Waals surface area (Å²) in [5.41, 5.74) is 1.34. The highest BCUT2D eigenvalue weighted by Crippen LogP contribution is 2.41. The Morgan fingerprint density at radius 3 is 3.15 bits per heavy atom. The van der Waals surface area contributed by atoms with Gasteiger partial charge in [-0.15, -0.1) is 11.3 Å². The van der Waals surface area contributed by atoms with Gasteiger partial charge in [0.1, 0.15) is 0 Å². The van der Waals surface area contributed by atoms with Gasteiger partial charge in [-0.2, -0.15) is 0 Å². The lowest BCUT2D eigenvalue weighted by Crippen LogP contribution is -2.24. The molecule has 2 aromatic rings. The number of rotatable bonds is 3. The van der Waals surface area contributed by atoms with E-state index in [1.165, 1.54) is 20.5 Å². The zero-order valence-electron chi connectivity index (χ0n) is 11.4. The normalized spacial score (nSPS) is 18.0. The van der Waals surface area contributed by atoms with Gasteiger partial charge in [0.15, 0.2) is 0 Å². The van der Waals surface area contributed by atoms with Crippen molar-refractivity contribution >= 4 is 39.0 Å². The van der Waals surface area contributed by atoms with E-state index in [0.717, 1.165) is 30.7 Å². The van der Waals surface area contributed by atoms with Gasteiger partial charge in [-0.25, -0.2) is 0 Å². The molecule has 1 atom stereocenters. The van der Waals surface area contributed by atoms with Crippen LogP contribution in [0, 0.1) is 5.92 Å². The van der Waals surface area contributed by atoms with E-state index < -0.39 is 0 Å². The first-order valence-electron chi connectivity index (χ1n) is 7.06. The maximum atomic E-state index is 12.0. The minimum atomic E-state index is -0.0407. The Morgan fingerprint density at radius 2 is 2.35 bits per heavy atom. The van der Waals surface area contributed by atoms with Crippen molar-refractivity contribution in [1.82, 2.24) is 0 Å². The molecule has 0 bridgehead atoms. The Labute approximate surface area is 127 Å². The quantitative estimate of drug-likeness (QED) is 0.774. The van der Waals surface area contributed by atoms with Gasteiger partial charge in [-0.3, -0.25) is 4.79 Å². The molecule has 4 heteroatoms. The third-order valence-electron chi connectivity index (χ3n) is 3.80. The molecule has 0 amide bonds. The molecule has 0 saturated heterocycles. The highest BCUT2D eigenvalue weighted by atomic mass is 35.5. The van der Waals surface area contributed by atoms with Gasteiger partial charge in [-0.1, -0.05) is 24.6 Å². The summed E-state index contributed by atoms with van der Waals surface area (Å²) in [6.07, 6.45) is 3.47. The fraction of sp³-hybridized carbons (Fsp3) is 0.438. The molecule has 20 heavy (non-hydrogen) atoms. The lowest BCUT2D eigenvalue weighted by atomic mass is 9.87. The fourth-order valence-corrected chi connectivity index (χ4v) is 4.52. The number of carbonyl (C=O) groups is 1. The Balaban J connectivity index is 1.87. The first-order valence-corrected chi connectivity index (χ1v) is 8.25. The van der Waals surface area contributed by atoms with Crippen LogP contribution in [0.2, 0.25) is 5.02 Å². The Morgan fingerprint density at radius 1 is 1.50 bits per heavy atom. The third kappa shape index (κ3) is 2.45. The van der Waals surface area contributed by atoms with E-state index in [2.05, 4.69) is 6.07 Å². The number of benzene rings is 1. The second-order valence-electron chi connectivity index (χ2n) is 5.22. The number of carbonyl (C=O) groups excluding carboxylic acids is 1.